The number of amides is 2. The number of hydrogen-bond acceptors (Lipinski definition) is 4. The zero-order chi connectivity index (χ0) is 16.8. The summed E-state index contributed by atoms with van der Waals surface area (Å²) in [6.07, 6.45) is 4.47. The summed E-state index contributed by atoms with van der Waals surface area (Å²) >= 11 is 0. The second-order valence-corrected chi connectivity index (χ2v) is 5.95. The average molecular weight is 319 g/mol. The van der Waals surface area contributed by atoms with Crippen molar-refractivity contribution in [1.29, 1.82) is 0 Å². The van der Waals surface area contributed by atoms with Gasteiger partial charge in [0.1, 0.15) is 11.8 Å². The van der Waals surface area contributed by atoms with E-state index < -0.39 is 6.04 Å². The molecule has 1 fully saturated rings. The molecule has 126 valence electrons. The molecule has 3 N–H and O–H groups in total. The quantitative estimate of drug-likeness (QED) is 0.753. The molecule has 1 aromatic carbocycles. The van der Waals surface area contributed by atoms with E-state index >= 15 is 0 Å². The normalized spacial score (nSPS) is 15.8. The molecule has 1 saturated carbocycles. The van der Waals surface area contributed by atoms with Crippen LogP contribution >= 0.6 is 0 Å². The molecule has 0 saturated heterocycles. The first kappa shape index (κ1) is 17.1. The van der Waals surface area contributed by atoms with Gasteiger partial charge in [-0.1, -0.05) is 12.8 Å². The number of carbonyl (C=O) groups excluding carboxylic acids is 2. The molecule has 1 aromatic rings. The Kier molecular flexibility index (Phi) is 5.84. The Labute approximate surface area is 137 Å². The minimum atomic E-state index is -0.392. The van der Waals surface area contributed by atoms with Crippen LogP contribution in [0, 0.1) is 0 Å². The van der Waals surface area contributed by atoms with Crippen molar-refractivity contribution in [2.24, 2.45) is 0 Å². The van der Waals surface area contributed by atoms with Crippen LogP contribution in [0.15, 0.2) is 18.2 Å². The molecule has 23 heavy (non-hydrogen) atoms. The van der Waals surface area contributed by atoms with Crippen LogP contribution in [0.5, 0.6) is 5.75 Å². The molecule has 0 aliphatic heterocycles. The number of methoxy groups -OCH3 is 1. The molecule has 6 heteroatoms. The monoisotopic (exact) mass is 319 g/mol. The summed E-state index contributed by atoms with van der Waals surface area (Å²) in [4.78, 5) is 23.5. The van der Waals surface area contributed by atoms with Gasteiger partial charge in [0, 0.05) is 18.7 Å². The first-order valence-corrected chi connectivity index (χ1v) is 8.02. The minimum Gasteiger partial charge on any atom is -0.495 e. The summed E-state index contributed by atoms with van der Waals surface area (Å²) < 4.78 is 5.31. The predicted molar refractivity (Wildman–Crippen MR) is 90.8 cm³/mol. The van der Waals surface area contributed by atoms with Crippen LogP contribution < -0.4 is 20.7 Å². The van der Waals surface area contributed by atoms with E-state index in [1.54, 1.807) is 25.3 Å². The second kappa shape index (κ2) is 7.85. The van der Waals surface area contributed by atoms with Gasteiger partial charge in [0.05, 0.1) is 12.8 Å². The molecule has 0 spiro atoms. The fraction of sp³-hybridized carbons (Fsp3) is 0.529. The molecule has 0 unspecified atom stereocenters. The third kappa shape index (κ3) is 4.87. The summed E-state index contributed by atoms with van der Waals surface area (Å²) in [6, 6.07) is 5.18. The van der Waals surface area contributed by atoms with E-state index in [0.717, 1.165) is 12.8 Å². The largest absolute Gasteiger partial charge is 0.495 e. The van der Waals surface area contributed by atoms with Gasteiger partial charge in [-0.25, -0.2) is 0 Å². The maximum absolute atomic E-state index is 12.3. The van der Waals surface area contributed by atoms with Gasteiger partial charge in [-0.05, 0) is 38.0 Å². The minimum absolute atomic E-state index is 0.0242. The molecule has 0 radical (unpaired) electrons. The molecule has 1 aliphatic carbocycles. The molecule has 0 bridgehead atoms. The van der Waals surface area contributed by atoms with Crippen LogP contribution in [0.1, 0.15) is 39.5 Å². The van der Waals surface area contributed by atoms with E-state index in [2.05, 4.69) is 16.0 Å². The molecule has 0 heterocycles. The van der Waals surface area contributed by atoms with Crippen LogP contribution in [0.2, 0.25) is 0 Å². The summed E-state index contributed by atoms with van der Waals surface area (Å²) in [6.45, 7) is 3.27. The predicted octanol–water partition coefficient (Wildman–Crippen LogP) is 2.51. The highest BCUT2D eigenvalue weighted by Crippen LogP contribution is 2.28. The van der Waals surface area contributed by atoms with E-state index in [4.69, 9.17) is 4.74 Å². The topological polar surface area (TPSA) is 79.5 Å². The molecule has 1 aliphatic rings. The fourth-order valence-corrected chi connectivity index (χ4v) is 2.80. The Bertz CT molecular complexity index is 568. The first-order valence-electron chi connectivity index (χ1n) is 8.02. The Morgan fingerprint density at radius 3 is 2.57 bits per heavy atom. The molecule has 0 aromatic heterocycles. The van der Waals surface area contributed by atoms with Crippen LogP contribution in [-0.4, -0.2) is 31.0 Å². The first-order chi connectivity index (χ1) is 11.0. The number of benzene rings is 1. The third-order valence-corrected chi connectivity index (χ3v) is 3.99. The highest BCUT2D eigenvalue weighted by Gasteiger charge is 2.21. The van der Waals surface area contributed by atoms with E-state index in [9.17, 15) is 9.59 Å². The lowest BCUT2D eigenvalue weighted by molar-refractivity contribution is -0.122. The van der Waals surface area contributed by atoms with Crippen molar-refractivity contribution < 1.29 is 14.3 Å². The Morgan fingerprint density at radius 1 is 1.26 bits per heavy atom. The second-order valence-electron chi connectivity index (χ2n) is 5.95. The molecular formula is C17H25N3O3. The van der Waals surface area contributed by atoms with Gasteiger partial charge >= 0.3 is 0 Å². The van der Waals surface area contributed by atoms with Gasteiger partial charge in [0.2, 0.25) is 11.8 Å². The molecule has 2 rings (SSSR count). The van der Waals surface area contributed by atoms with Crippen molar-refractivity contribution in [3.8, 4) is 5.75 Å². The SMILES string of the molecule is COc1ccc(NC(C)=O)cc1N[C@H](C)C(=O)NC1CCCC1. The summed E-state index contributed by atoms with van der Waals surface area (Å²) in [5, 5.41) is 8.95. The van der Waals surface area contributed by atoms with E-state index in [1.807, 2.05) is 6.92 Å². The van der Waals surface area contributed by atoms with Gasteiger partial charge in [-0.15, -0.1) is 0 Å². The Morgan fingerprint density at radius 2 is 1.96 bits per heavy atom. The molecule has 1 atom stereocenters. The number of rotatable bonds is 6. The number of hydrogen-bond donors (Lipinski definition) is 3. The van der Waals surface area contributed by atoms with Gasteiger partial charge in [0.15, 0.2) is 0 Å². The van der Waals surface area contributed by atoms with Crippen LogP contribution in [-0.2, 0) is 9.59 Å². The van der Waals surface area contributed by atoms with Crippen LogP contribution in [0.25, 0.3) is 0 Å². The lowest BCUT2D eigenvalue weighted by Gasteiger charge is -2.20. The zero-order valence-corrected chi connectivity index (χ0v) is 13.9. The number of ether oxygens (including phenoxy) is 1. The number of anilines is 2. The van der Waals surface area contributed by atoms with Crippen molar-refractivity contribution in [2.75, 3.05) is 17.7 Å². The Hall–Kier alpha value is -2.24. The van der Waals surface area contributed by atoms with Crippen molar-refractivity contribution in [3.63, 3.8) is 0 Å². The van der Waals surface area contributed by atoms with E-state index in [1.165, 1.54) is 19.8 Å². The van der Waals surface area contributed by atoms with Crippen LogP contribution in [0.3, 0.4) is 0 Å². The Balaban J connectivity index is 2.03. The van der Waals surface area contributed by atoms with Crippen LogP contribution in [0.4, 0.5) is 11.4 Å². The standard InChI is InChI=1S/C17H25N3O3/c1-11(17(22)20-13-6-4-5-7-13)18-15-10-14(19-12(2)21)8-9-16(15)23-3/h8-11,13,18H,4-7H2,1-3H3,(H,19,21)(H,20,22)/t11-/m1/s1. The summed E-state index contributed by atoms with van der Waals surface area (Å²) in [5.41, 5.74) is 1.33. The van der Waals surface area contributed by atoms with Gasteiger partial charge in [0.25, 0.3) is 0 Å². The van der Waals surface area contributed by atoms with Crippen molar-refractivity contribution in [1.82, 2.24) is 5.32 Å². The van der Waals surface area contributed by atoms with E-state index in [0.29, 0.717) is 23.2 Å². The smallest absolute Gasteiger partial charge is 0.242 e. The van der Waals surface area contributed by atoms with Crippen molar-refractivity contribution in [3.05, 3.63) is 18.2 Å². The molecular weight excluding hydrogens is 294 g/mol. The number of carbonyl (C=O) groups is 2. The number of nitrogens with one attached hydrogen (secondary N) is 3. The van der Waals surface area contributed by atoms with E-state index in [-0.39, 0.29) is 11.8 Å². The zero-order valence-electron chi connectivity index (χ0n) is 13.9. The third-order valence-electron chi connectivity index (χ3n) is 3.99. The van der Waals surface area contributed by atoms with Gasteiger partial charge < -0.3 is 20.7 Å². The molecule has 2 amide bonds. The average Bonchev–Trinajstić information content (AvgIpc) is 2.99. The van der Waals surface area contributed by atoms with Crippen molar-refractivity contribution >= 4 is 23.2 Å². The highest BCUT2D eigenvalue weighted by molar-refractivity contribution is 5.90. The maximum Gasteiger partial charge on any atom is 0.242 e. The lowest BCUT2D eigenvalue weighted by Crippen LogP contribution is -2.42. The summed E-state index contributed by atoms with van der Waals surface area (Å²) in [5.74, 6) is 0.455. The summed E-state index contributed by atoms with van der Waals surface area (Å²) in [7, 11) is 1.57. The molecule has 6 nitrogen and oxygen atoms in total. The fourth-order valence-electron chi connectivity index (χ4n) is 2.80. The highest BCUT2D eigenvalue weighted by atomic mass is 16.5. The lowest BCUT2D eigenvalue weighted by atomic mass is 10.2. The maximum atomic E-state index is 12.3. The van der Waals surface area contributed by atoms with Gasteiger partial charge in [-0.2, -0.15) is 0 Å². The van der Waals surface area contributed by atoms with Gasteiger partial charge in [-0.3, -0.25) is 9.59 Å². The van der Waals surface area contributed by atoms with Crippen molar-refractivity contribution in [2.45, 2.75) is 51.6 Å².